The molecule has 0 unspecified atom stereocenters. The summed E-state index contributed by atoms with van der Waals surface area (Å²) < 4.78 is 1.99. The second-order valence-electron chi connectivity index (χ2n) is 9.09. The van der Waals surface area contributed by atoms with Gasteiger partial charge < -0.3 is 4.57 Å². The Morgan fingerprint density at radius 3 is 2.20 bits per heavy atom. The second kappa shape index (κ2) is 7.41. The lowest BCUT2D eigenvalue weighted by Gasteiger charge is -2.20. The van der Waals surface area contributed by atoms with Crippen molar-refractivity contribution in [1.29, 1.82) is 5.26 Å². The van der Waals surface area contributed by atoms with Crippen LogP contribution in [0.4, 0.5) is 5.69 Å². The number of aromatic nitrogens is 1. The number of nitriles is 1. The van der Waals surface area contributed by atoms with Gasteiger partial charge in [0.25, 0.3) is 11.8 Å². The zero-order valence-electron chi connectivity index (χ0n) is 19.6. The molecule has 35 heavy (non-hydrogen) atoms. The normalized spacial score (nSPS) is 13.0. The third kappa shape index (κ3) is 2.87. The minimum atomic E-state index is -0.335. The molecular weight excluding hydrogens is 434 g/mol. The minimum absolute atomic E-state index is 0.319. The van der Waals surface area contributed by atoms with Crippen LogP contribution in [-0.2, 0) is 0 Å². The summed E-state index contributed by atoms with van der Waals surface area (Å²) in [5.74, 6) is -0.654. The lowest BCUT2D eigenvalue weighted by atomic mass is 10.0. The number of hydrogen-bond acceptors (Lipinski definition) is 3. The number of hydrogen-bond donors (Lipinski definition) is 0. The summed E-state index contributed by atoms with van der Waals surface area (Å²) >= 11 is 0. The highest BCUT2D eigenvalue weighted by molar-refractivity contribution is 6.36. The van der Waals surface area contributed by atoms with Gasteiger partial charge in [0.2, 0.25) is 0 Å². The highest BCUT2D eigenvalue weighted by Crippen LogP contribution is 2.39. The van der Waals surface area contributed by atoms with Crippen molar-refractivity contribution in [1.82, 2.24) is 4.57 Å². The predicted molar refractivity (Wildman–Crippen MR) is 137 cm³/mol. The number of imide groups is 1. The number of anilines is 1. The third-order valence-electron chi connectivity index (χ3n) is 6.80. The van der Waals surface area contributed by atoms with Gasteiger partial charge in [-0.05, 0) is 62.2 Å². The Kier molecular flexibility index (Phi) is 4.42. The van der Waals surface area contributed by atoms with Crippen molar-refractivity contribution in [3.63, 3.8) is 0 Å². The molecule has 168 valence electrons. The molecule has 0 bridgehead atoms. The van der Waals surface area contributed by atoms with Crippen molar-refractivity contribution in [2.24, 2.45) is 0 Å². The highest BCUT2D eigenvalue weighted by Gasteiger charge is 2.40. The van der Waals surface area contributed by atoms with E-state index in [-0.39, 0.29) is 11.8 Å². The van der Waals surface area contributed by atoms with E-state index < -0.39 is 0 Å². The second-order valence-corrected chi connectivity index (χ2v) is 9.09. The molecule has 0 N–H and O–H groups in total. The van der Waals surface area contributed by atoms with Crippen LogP contribution in [0.5, 0.6) is 0 Å². The van der Waals surface area contributed by atoms with Crippen LogP contribution in [0.25, 0.3) is 27.5 Å². The maximum atomic E-state index is 13.9. The molecule has 1 aliphatic rings. The number of rotatable bonds is 2. The van der Waals surface area contributed by atoms with Crippen LogP contribution >= 0.6 is 0 Å². The van der Waals surface area contributed by atoms with Gasteiger partial charge in [-0.25, -0.2) is 4.90 Å². The molecule has 1 aromatic heterocycles. The van der Waals surface area contributed by atoms with Gasteiger partial charge in [0.15, 0.2) is 0 Å². The number of para-hydroxylation sites is 1. The topological polar surface area (TPSA) is 66.1 Å². The van der Waals surface area contributed by atoms with Crippen molar-refractivity contribution >= 4 is 39.3 Å². The maximum Gasteiger partial charge on any atom is 0.268 e. The molecule has 0 atom stereocenters. The average Bonchev–Trinajstić information content (AvgIpc) is 3.30. The molecule has 1 aliphatic heterocycles. The Hall–Kier alpha value is -4.69. The first-order chi connectivity index (χ1) is 16.9. The molecular formula is C30H21N3O2. The zero-order valence-corrected chi connectivity index (χ0v) is 19.6. The Morgan fingerprint density at radius 2 is 1.46 bits per heavy atom. The molecule has 2 heterocycles. The number of benzene rings is 4. The highest BCUT2D eigenvalue weighted by atomic mass is 16.2. The lowest BCUT2D eigenvalue weighted by molar-refractivity contribution is 0.0925. The zero-order chi connectivity index (χ0) is 24.4. The van der Waals surface area contributed by atoms with Gasteiger partial charge in [0.05, 0.1) is 45.2 Å². The summed E-state index contributed by atoms with van der Waals surface area (Å²) in [6.07, 6.45) is 0. The van der Waals surface area contributed by atoms with Gasteiger partial charge in [0.1, 0.15) is 0 Å². The SMILES string of the molecule is Cc1cc(C)c(N2C(=O)c3cccc(-n4c5ccccc5c5ccc(C#N)cc54)c3C2=O)c(C)c1. The summed E-state index contributed by atoms with van der Waals surface area (Å²) in [5, 5.41) is 11.5. The van der Waals surface area contributed by atoms with E-state index in [1.165, 1.54) is 4.90 Å². The minimum Gasteiger partial charge on any atom is -0.308 e. The molecule has 0 radical (unpaired) electrons. The van der Waals surface area contributed by atoms with Crippen LogP contribution in [0.1, 0.15) is 43.0 Å². The molecule has 5 heteroatoms. The fourth-order valence-electron chi connectivity index (χ4n) is 5.48. The third-order valence-corrected chi connectivity index (χ3v) is 6.80. The smallest absolute Gasteiger partial charge is 0.268 e. The number of fused-ring (bicyclic) bond motifs is 4. The average molecular weight is 456 g/mol. The van der Waals surface area contributed by atoms with Gasteiger partial charge in [-0.2, -0.15) is 5.26 Å². The molecule has 2 amide bonds. The van der Waals surface area contributed by atoms with Crippen LogP contribution in [-0.4, -0.2) is 16.4 Å². The van der Waals surface area contributed by atoms with E-state index in [9.17, 15) is 14.9 Å². The first-order valence-corrected chi connectivity index (χ1v) is 11.4. The molecule has 0 aliphatic carbocycles. The molecule has 5 aromatic rings. The molecule has 0 saturated heterocycles. The quantitative estimate of drug-likeness (QED) is 0.290. The van der Waals surface area contributed by atoms with Gasteiger partial charge in [-0.3, -0.25) is 9.59 Å². The fraction of sp³-hybridized carbons (Fsp3) is 0.100. The van der Waals surface area contributed by atoms with E-state index in [2.05, 4.69) is 6.07 Å². The van der Waals surface area contributed by atoms with Gasteiger partial charge in [-0.1, -0.05) is 48.0 Å². The Labute approximate surface area is 202 Å². The van der Waals surface area contributed by atoms with Crippen molar-refractivity contribution in [3.05, 3.63) is 106 Å². The van der Waals surface area contributed by atoms with Crippen LogP contribution in [0.3, 0.4) is 0 Å². The van der Waals surface area contributed by atoms with E-state index in [0.29, 0.717) is 28.1 Å². The van der Waals surface area contributed by atoms with Crippen LogP contribution < -0.4 is 4.90 Å². The number of carbonyl (C=O) groups is 2. The van der Waals surface area contributed by atoms with E-state index in [1.807, 2.05) is 86.0 Å². The van der Waals surface area contributed by atoms with Crippen LogP contribution in [0.2, 0.25) is 0 Å². The first-order valence-electron chi connectivity index (χ1n) is 11.4. The van der Waals surface area contributed by atoms with E-state index in [0.717, 1.165) is 38.5 Å². The number of aryl methyl sites for hydroxylation is 3. The standard InChI is InChI=1S/C30H21N3O2/c1-17-13-18(2)28(19(3)14-17)33-29(34)23-8-6-10-25(27(23)30(33)35)32-24-9-5-4-7-21(24)22-12-11-20(16-31)15-26(22)32/h4-15H,1-3H3. The molecule has 5 nitrogen and oxygen atoms in total. The summed E-state index contributed by atoms with van der Waals surface area (Å²) in [5.41, 5.74) is 7.14. The Balaban J connectivity index is 1.65. The predicted octanol–water partition coefficient (Wildman–Crippen LogP) is 6.38. The Bertz CT molecular complexity index is 1760. The van der Waals surface area contributed by atoms with E-state index >= 15 is 0 Å². The van der Waals surface area contributed by atoms with Gasteiger partial charge in [0, 0.05) is 10.8 Å². The molecule has 0 fully saturated rings. The fourth-order valence-corrected chi connectivity index (χ4v) is 5.48. The Morgan fingerprint density at radius 1 is 0.743 bits per heavy atom. The van der Waals surface area contributed by atoms with Crippen LogP contribution in [0.15, 0.2) is 72.8 Å². The number of amides is 2. The molecule has 0 saturated carbocycles. The summed E-state index contributed by atoms with van der Waals surface area (Å²) in [6.45, 7) is 5.86. The van der Waals surface area contributed by atoms with Crippen LogP contribution in [0, 0.1) is 32.1 Å². The van der Waals surface area contributed by atoms with E-state index in [4.69, 9.17) is 0 Å². The summed E-state index contributed by atoms with van der Waals surface area (Å²) in [4.78, 5) is 28.9. The molecule has 4 aromatic carbocycles. The molecule has 0 spiro atoms. The van der Waals surface area contributed by atoms with Gasteiger partial charge >= 0.3 is 0 Å². The number of nitrogens with zero attached hydrogens (tertiary/aromatic N) is 3. The van der Waals surface area contributed by atoms with E-state index in [1.54, 1.807) is 12.1 Å². The molecule has 6 rings (SSSR count). The monoisotopic (exact) mass is 455 g/mol. The summed E-state index contributed by atoms with van der Waals surface area (Å²) in [7, 11) is 0. The van der Waals surface area contributed by atoms with Crippen molar-refractivity contribution < 1.29 is 9.59 Å². The largest absolute Gasteiger partial charge is 0.308 e. The maximum absolute atomic E-state index is 13.9. The first kappa shape index (κ1) is 20.9. The van der Waals surface area contributed by atoms with Crippen molar-refractivity contribution in [2.75, 3.05) is 4.90 Å². The lowest BCUT2D eigenvalue weighted by Crippen LogP contribution is -2.31. The number of carbonyl (C=O) groups excluding carboxylic acids is 2. The van der Waals surface area contributed by atoms with Crippen molar-refractivity contribution in [3.8, 4) is 11.8 Å². The summed E-state index contributed by atoms with van der Waals surface area (Å²) in [6, 6.07) is 25.1. The van der Waals surface area contributed by atoms with Crippen molar-refractivity contribution in [2.45, 2.75) is 20.8 Å². The van der Waals surface area contributed by atoms with Gasteiger partial charge in [-0.15, -0.1) is 0 Å².